The van der Waals surface area contributed by atoms with Crippen molar-refractivity contribution in [3.05, 3.63) is 47.3 Å². The SMILES string of the molecule is CCc1ccccc1NC(=O)CN1CCN(C(=O)CSc2nnc(-n3nc(C)cc3C)n2N)CC1. The van der Waals surface area contributed by atoms with Crippen LogP contribution in [0.3, 0.4) is 0 Å². The molecular weight excluding hydrogens is 466 g/mol. The van der Waals surface area contributed by atoms with Crippen LogP contribution in [0.4, 0.5) is 5.69 Å². The zero-order valence-corrected chi connectivity index (χ0v) is 21.1. The highest BCUT2D eigenvalue weighted by Gasteiger charge is 2.24. The van der Waals surface area contributed by atoms with E-state index in [9.17, 15) is 9.59 Å². The first-order valence-corrected chi connectivity index (χ1v) is 12.6. The fourth-order valence-electron chi connectivity index (χ4n) is 4.06. The number of nitrogens with zero attached hydrogens (tertiary/aromatic N) is 7. The average Bonchev–Trinajstić information content (AvgIpc) is 3.38. The molecule has 1 aliphatic rings. The number of anilines is 1. The number of carbonyl (C=O) groups excluding carboxylic acids is 2. The van der Waals surface area contributed by atoms with Gasteiger partial charge in [0.25, 0.3) is 5.95 Å². The van der Waals surface area contributed by atoms with Crippen molar-refractivity contribution in [2.24, 2.45) is 0 Å². The Morgan fingerprint density at radius 3 is 2.54 bits per heavy atom. The fraction of sp³-hybridized carbons (Fsp3) is 0.435. The number of piperazine rings is 1. The van der Waals surface area contributed by atoms with Crippen molar-refractivity contribution in [3.8, 4) is 5.95 Å². The molecule has 2 aromatic heterocycles. The van der Waals surface area contributed by atoms with Crippen LogP contribution in [-0.4, -0.2) is 84.7 Å². The molecule has 0 atom stereocenters. The Balaban J connectivity index is 1.24. The van der Waals surface area contributed by atoms with Gasteiger partial charge in [-0.2, -0.15) is 5.10 Å². The second-order valence-electron chi connectivity index (χ2n) is 8.50. The van der Waals surface area contributed by atoms with E-state index in [0.29, 0.717) is 43.8 Å². The quantitative estimate of drug-likeness (QED) is 0.351. The van der Waals surface area contributed by atoms with Gasteiger partial charge in [-0.25, -0.2) is 9.36 Å². The van der Waals surface area contributed by atoms with Crippen LogP contribution in [0.2, 0.25) is 0 Å². The number of para-hydroxylation sites is 1. The maximum absolute atomic E-state index is 12.7. The third-order valence-corrected chi connectivity index (χ3v) is 6.86. The third-order valence-electron chi connectivity index (χ3n) is 5.93. The zero-order valence-electron chi connectivity index (χ0n) is 20.3. The standard InChI is InChI=1S/C23H31N9O2S/c1-4-18-7-5-6-8-19(18)25-20(33)14-29-9-11-30(12-10-29)21(34)15-35-23-27-26-22(31(23)24)32-17(3)13-16(2)28-32/h5-8,13H,4,9-12,14-15,24H2,1-3H3,(H,25,33). The lowest BCUT2D eigenvalue weighted by Crippen LogP contribution is -2.50. The van der Waals surface area contributed by atoms with E-state index >= 15 is 0 Å². The van der Waals surface area contributed by atoms with Gasteiger partial charge in [0.05, 0.1) is 18.0 Å². The maximum atomic E-state index is 12.7. The zero-order chi connectivity index (χ0) is 24.9. The minimum atomic E-state index is -0.0399. The van der Waals surface area contributed by atoms with E-state index < -0.39 is 0 Å². The van der Waals surface area contributed by atoms with E-state index in [1.807, 2.05) is 49.1 Å². The summed E-state index contributed by atoms with van der Waals surface area (Å²) >= 11 is 1.25. The van der Waals surface area contributed by atoms with Gasteiger partial charge in [0, 0.05) is 37.6 Å². The lowest BCUT2D eigenvalue weighted by Gasteiger charge is -2.34. The van der Waals surface area contributed by atoms with E-state index in [0.717, 1.165) is 29.1 Å². The van der Waals surface area contributed by atoms with Crippen LogP contribution in [0, 0.1) is 13.8 Å². The van der Waals surface area contributed by atoms with Gasteiger partial charge in [0.2, 0.25) is 17.0 Å². The van der Waals surface area contributed by atoms with Crippen LogP contribution in [0.1, 0.15) is 23.9 Å². The molecule has 0 spiro atoms. The predicted molar refractivity (Wildman–Crippen MR) is 135 cm³/mol. The van der Waals surface area contributed by atoms with Crippen LogP contribution < -0.4 is 11.2 Å². The molecule has 0 aliphatic carbocycles. The highest BCUT2D eigenvalue weighted by Crippen LogP contribution is 2.19. The van der Waals surface area contributed by atoms with Crippen molar-refractivity contribution in [1.29, 1.82) is 0 Å². The summed E-state index contributed by atoms with van der Waals surface area (Å²) in [5.41, 5.74) is 3.73. The Hall–Kier alpha value is -3.38. The molecule has 1 aromatic carbocycles. The molecule has 186 valence electrons. The van der Waals surface area contributed by atoms with Crippen LogP contribution in [-0.2, 0) is 16.0 Å². The molecule has 1 saturated heterocycles. The number of aromatic nitrogens is 5. The molecular formula is C23H31N9O2S. The molecule has 0 bridgehead atoms. The Kier molecular flexibility index (Phi) is 7.71. The Labute approximate surface area is 208 Å². The minimum absolute atomic E-state index is 0.00615. The molecule has 3 aromatic rings. The summed E-state index contributed by atoms with van der Waals surface area (Å²) in [6.45, 7) is 8.63. The number of rotatable bonds is 8. The first-order chi connectivity index (χ1) is 16.9. The largest absolute Gasteiger partial charge is 0.339 e. The van der Waals surface area contributed by atoms with Gasteiger partial charge in [0.1, 0.15) is 0 Å². The van der Waals surface area contributed by atoms with Crippen molar-refractivity contribution in [1.82, 2.24) is 34.5 Å². The van der Waals surface area contributed by atoms with Crippen molar-refractivity contribution < 1.29 is 9.59 Å². The number of thioether (sulfide) groups is 1. The summed E-state index contributed by atoms with van der Waals surface area (Å²) in [6, 6.07) is 9.77. The fourth-order valence-corrected chi connectivity index (χ4v) is 4.81. The number of carbonyl (C=O) groups is 2. The first kappa shape index (κ1) is 24.7. The number of nitrogen functional groups attached to an aromatic ring is 1. The minimum Gasteiger partial charge on any atom is -0.339 e. The van der Waals surface area contributed by atoms with Crippen LogP contribution in [0.15, 0.2) is 35.5 Å². The highest BCUT2D eigenvalue weighted by atomic mass is 32.2. The number of aryl methyl sites for hydroxylation is 3. The van der Waals surface area contributed by atoms with Gasteiger partial charge in [0.15, 0.2) is 0 Å². The molecule has 0 saturated carbocycles. The van der Waals surface area contributed by atoms with Gasteiger partial charge in [-0.1, -0.05) is 36.9 Å². The number of benzene rings is 1. The molecule has 12 heteroatoms. The van der Waals surface area contributed by atoms with Crippen LogP contribution >= 0.6 is 11.8 Å². The van der Waals surface area contributed by atoms with Crippen molar-refractivity contribution in [2.75, 3.05) is 49.6 Å². The molecule has 3 N–H and O–H groups in total. The summed E-state index contributed by atoms with van der Waals surface area (Å²) in [5.74, 6) is 6.73. The second-order valence-corrected chi connectivity index (χ2v) is 9.44. The lowest BCUT2D eigenvalue weighted by atomic mass is 10.1. The summed E-state index contributed by atoms with van der Waals surface area (Å²) in [4.78, 5) is 29.1. The number of hydrogen-bond donors (Lipinski definition) is 2. The van der Waals surface area contributed by atoms with E-state index in [-0.39, 0.29) is 17.6 Å². The summed E-state index contributed by atoms with van der Waals surface area (Å²) in [6.07, 6.45) is 0.861. The molecule has 3 heterocycles. The summed E-state index contributed by atoms with van der Waals surface area (Å²) in [7, 11) is 0. The average molecular weight is 498 g/mol. The van der Waals surface area contributed by atoms with Crippen molar-refractivity contribution in [3.63, 3.8) is 0 Å². The number of hydrogen-bond acceptors (Lipinski definition) is 8. The molecule has 1 aliphatic heterocycles. The van der Waals surface area contributed by atoms with Crippen LogP contribution in [0.5, 0.6) is 0 Å². The van der Waals surface area contributed by atoms with E-state index in [1.54, 1.807) is 4.68 Å². The topological polar surface area (TPSA) is 127 Å². The smallest absolute Gasteiger partial charge is 0.271 e. The molecule has 4 rings (SSSR count). The molecule has 1 fully saturated rings. The van der Waals surface area contributed by atoms with Crippen molar-refractivity contribution in [2.45, 2.75) is 32.3 Å². The monoisotopic (exact) mass is 497 g/mol. The van der Waals surface area contributed by atoms with Crippen LogP contribution in [0.25, 0.3) is 5.95 Å². The Morgan fingerprint density at radius 1 is 1.11 bits per heavy atom. The maximum Gasteiger partial charge on any atom is 0.271 e. The summed E-state index contributed by atoms with van der Waals surface area (Å²) < 4.78 is 2.98. The molecule has 0 radical (unpaired) electrons. The molecule has 0 unspecified atom stereocenters. The molecule has 35 heavy (non-hydrogen) atoms. The second kappa shape index (κ2) is 10.9. The lowest BCUT2D eigenvalue weighted by molar-refractivity contribution is -0.130. The third kappa shape index (κ3) is 5.82. The normalized spacial score (nSPS) is 14.3. The first-order valence-electron chi connectivity index (χ1n) is 11.6. The number of nitrogens with one attached hydrogen (secondary N) is 1. The van der Waals surface area contributed by atoms with E-state index in [4.69, 9.17) is 5.84 Å². The van der Waals surface area contributed by atoms with Crippen molar-refractivity contribution >= 4 is 29.3 Å². The predicted octanol–water partition coefficient (Wildman–Crippen LogP) is 1.23. The van der Waals surface area contributed by atoms with E-state index in [1.165, 1.54) is 16.4 Å². The summed E-state index contributed by atoms with van der Waals surface area (Å²) in [5, 5.41) is 16.1. The van der Waals surface area contributed by atoms with E-state index in [2.05, 4.69) is 32.4 Å². The Bertz CT molecular complexity index is 1200. The molecule has 2 amide bonds. The number of nitrogens with two attached hydrogens (primary N) is 1. The van der Waals surface area contributed by atoms with Gasteiger partial charge >= 0.3 is 0 Å². The van der Waals surface area contributed by atoms with Gasteiger partial charge in [-0.05, 0) is 38.0 Å². The number of amides is 2. The van der Waals surface area contributed by atoms with Gasteiger partial charge < -0.3 is 16.1 Å². The Morgan fingerprint density at radius 2 is 1.86 bits per heavy atom. The van der Waals surface area contributed by atoms with Gasteiger partial charge in [-0.15, -0.1) is 10.2 Å². The van der Waals surface area contributed by atoms with Gasteiger partial charge in [-0.3, -0.25) is 14.5 Å². The highest BCUT2D eigenvalue weighted by molar-refractivity contribution is 7.99. The molecule has 11 nitrogen and oxygen atoms in total.